The Kier molecular flexibility index (Phi) is 8.15. The van der Waals surface area contributed by atoms with Crippen molar-refractivity contribution in [2.24, 2.45) is 11.7 Å². The summed E-state index contributed by atoms with van der Waals surface area (Å²) in [6.07, 6.45) is 6.38. The molecular weight excluding hydrogens is 466 g/mol. The molecule has 7 heteroatoms. The number of aromatic nitrogens is 2. The Bertz CT molecular complexity index is 1210. The normalized spacial score (nSPS) is 14.7. The van der Waals surface area contributed by atoms with Gasteiger partial charge in [-0.25, -0.2) is 14.6 Å². The van der Waals surface area contributed by atoms with Gasteiger partial charge in [0, 0.05) is 5.69 Å². The Morgan fingerprint density at radius 1 is 0.838 bits per heavy atom. The highest BCUT2D eigenvalue weighted by Gasteiger charge is 2.41. The van der Waals surface area contributed by atoms with Gasteiger partial charge in [0.25, 0.3) is 0 Å². The van der Waals surface area contributed by atoms with E-state index in [-0.39, 0.29) is 0 Å². The third-order valence-corrected chi connectivity index (χ3v) is 6.92. The molecule has 1 atom stereocenters. The molecule has 190 valence electrons. The van der Waals surface area contributed by atoms with Crippen molar-refractivity contribution in [1.82, 2.24) is 9.55 Å². The molecule has 1 unspecified atom stereocenters. The lowest BCUT2D eigenvalue weighted by molar-refractivity contribution is -0.159. The smallest absolute Gasteiger partial charge is 0.414 e. The Labute approximate surface area is 216 Å². The van der Waals surface area contributed by atoms with Gasteiger partial charge in [0.1, 0.15) is 5.54 Å². The number of carboxylic acid groups (broad SMARTS) is 2. The van der Waals surface area contributed by atoms with E-state index in [0.29, 0.717) is 5.92 Å². The molecule has 0 aliphatic heterocycles. The zero-order chi connectivity index (χ0) is 26.3. The van der Waals surface area contributed by atoms with Crippen molar-refractivity contribution < 1.29 is 19.8 Å². The Morgan fingerprint density at radius 3 is 1.70 bits per heavy atom. The minimum Gasteiger partial charge on any atom is -0.473 e. The third kappa shape index (κ3) is 5.32. The summed E-state index contributed by atoms with van der Waals surface area (Å²) in [4.78, 5) is 23.2. The van der Waals surface area contributed by atoms with Crippen LogP contribution in [0.15, 0.2) is 97.3 Å². The molecule has 7 nitrogen and oxygen atoms in total. The van der Waals surface area contributed by atoms with Crippen LogP contribution in [-0.2, 0) is 28.0 Å². The predicted molar refractivity (Wildman–Crippen MR) is 141 cm³/mol. The minimum atomic E-state index is -1.82. The van der Waals surface area contributed by atoms with Crippen LogP contribution in [0.25, 0.3) is 0 Å². The van der Waals surface area contributed by atoms with Crippen LogP contribution in [-0.4, -0.2) is 38.2 Å². The summed E-state index contributed by atoms with van der Waals surface area (Å²) in [5.41, 5.74) is 11.7. The molecule has 0 saturated carbocycles. The van der Waals surface area contributed by atoms with E-state index in [1.807, 2.05) is 0 Å². The lowest BCUT2D eigenvalue weighted by atomic mass is 9.76. The number of carboxylic acids is 2. The Hall–Kier alpha value is -4.23. The van der Waals surface area contributed by atoms with Gasteiger partial charge in [-0.3, -0.25) is 0 Å². The zero-order valence-corrected chi connectivity index (χ0v) is 20.5. The van der Waals surface area contributed by atoms with Crippen molar-refractivity contribution >= 4 is 11.9 Å². The number of rotatable bonds is 6. The number of carbonyl (C=O) groups is 2. The number of hydrogen-bond donors (Lipinski definition) is 3. The maximum Gasteiger partial charge on any atom is 0.414 e. The predicted octanol–water partition coefficient (Wildman–Crippen LogP) is 4.33. The van der Waals surface area contributed by atoms with E-state index in [4.69, 9.17) is 30.5 Å². The Morgan fingerprint density at radius 2 is 1.30 bits per heavy atom. The largest absolute Gasteiger partial charge is 0.473 e. The van der Waals surface area contributed by atoms with Crippen molar-refractivity contribution in [3.8, 4) is 0 Å². The van der Waals surface area contributed by atoms with Gasteiger partial charge in [0.05, 0.1) is 12.0 Å². The van der Waals surface area contributed by atoms with E-state index in [2.05, 4.69) is 102 Å². The summed E-state index contributed by atoms with van der Waals surface area (Å²) in [6, 6.07) is 32.5. The molecule has 1 heterocycles. The molecule has 0 spiro atoms. The standard InChI is InChI=1S/C28H29N3.C2H2O4/c29-19-18-22-16-17-27-26(20-22)30-21-31(27)28(23-10-4-1-5-11-23,24-12-6-2-7-13-24)25-14-8-3-9-15-25;3-1(4)2(5)6/h1-15,21-22H,16-20,29H2;(H,3,4)(H,5,6). The highest BCUT2D eigenvalue weighted by molar-refractivity contribution is 6.27. The number of nitrogens with zero attached hydrogens (tertiary/aromatic N) is 2. The summed E-state index contributed by atoms with van der Waals surface area (Å²) < 4.78 is 2.45. The van der Waals surface area contributed by atoms with Gasteiger partial charge in [-0.05, 0) is 54.8 Å². The molecular formula is C30H31N3O4. The van der Waals surface area contributed by atoms with Crippen LogP contribution >= 0.6 is 0 Å². The van der Waals surface area contributed by atoms with Gasteiger partial charge in [0.2, 0.25) is 0 Å². The average molecular weight is 498 g/mol. The molecule has 5 rings (SSSR count). The summed E-state index contributed by atoms with van der Waals surface area (Å²) in [5, 5.41) is 14.8. The summed E-state index contributed by atoms with van der Waals surface area (Å²) in [7, 11) is 0. The highest BCUT2D eigenvalue weighted by atomic mass is 16.4. The second-order valence-electron chi connectivity index (χ2n) is 9.11. The van der Waals surface area contributed by atoms with Gasteiger partial charge in [0.15, 0.2) is 0 Å². The minimum absolute atomic E-state index is 0.467. The molecule has 3 aromatic carbocycles. The zero-order valence-electron chi connectivity index (χ0n) is 20.5. The van der Waals surface area contributed by atoms with E-state index < -0.39 is 17.5 Å². The van der Waals surface area contributed by atoms with E-state index in [1.165, 1.54) is 34.5 Å². The van der Waals surface area contributed by atoms with Gasteiger partial charge in [-0.2, -0.15) is 0 Å². The van der Waals surface area contributed by atoms with Crippen molar-refractivity contribution in [3.63, 3.8) is 0 Å². The molecule has 0 amide bonds. The van der Waals surface area contributed by atoms with E-state index in [0.717, 1.165) is 25.8 Å². The van der Waals surface area contributed by atoms with Crippen LogP contribution < -0.4 is 5.73 Å². The van der Waals surface area contributed by atoms with Crippen molar-refractivity contribution in [3.05, 3.63) is 125 Å². The van der Waals surface area contributed by atoms with Crippen LogP contribution in [0.1, 0.15) is 40.9 Å². The van der Waals surface area contributed by atoms with E-state index >= 15 is 0 Å². The van der Waals surface area contributed by atoms with Crippen molar-refractivity contribution in [2.75, 3.05) is 6.54 Å². The van der Waals surface area contributed by atoms with E-state index in [9.17, 15) is 0 Å². The number of nitrogens with two attached hydrogens (primary N) is 1. The molecule has 4 aromatic rings. The molecule has 0 bridgehead atoms. The fourth-order valence-corrected chi connectivity index (χ4v) is 5.29. The monoisotopic (exact) mass is 497 g/mol. The molecule has 0 fully saturated rings. The first-order valence-corrected chi connectivity index (χ1v) is 12.4. The second kappa shape index (κ2) is 11.7. The van der Waals surface area contributed by atoms with Crippen LogP contribution in [0.2, 0.25) is 0 Å². The van der Waals surface area contributed by atoms with Crippen LogP contribution in [0.5, 0.6) is 0 Å². The molecule has 1 aliphatic rings. The summed E-state index contributed by atoms with van der Waals surface area (Å²) in [6.45, 7) is 0.753. The molecule has 1 aliphatic carbocycles. The molecule has 4 N–H and O–H groups in total. The first-order valence-electron chi connectivity index (χ1n) is 12.4. The van der Waals surface area contributed by atoms with Crippen molar-refractivity contribution in [2.45, 2.75) is 31.2 Å². The topological polar surface area (TPSA) is 118 Å². The van der Waals surface area contributed by atoms with Crippen molar-refractivity contribution in [1.29, 1.82) is 0 Å². The number of imidazole rings is 1. The summed E-state index contributed by atoms with van der Waals surface area (Å²) >= 11 is 0. The number of hydrogen-bond acceptors (Lipinski definition) is 4. The molecule has 0 saturated heterocycles. The highest BCUT2D eigenvalue weighted by Crippen LogP contribution is 2.43. The van der Waals surface area contributed by atoms with Gasteiger partial charge in [-0.15, -0.1) is 0 Å². The second-order valence-corrected chi connectivity index (χ2v) is 9.11. The quantitative estimate of drug-likeness (QED) is 0.270. The first-order chi connectivity index (χ1) is 18.0. The SMILES string of the molecule is NCCC1CCc2c(ncn2C(c2ccccc2)(c2ccccc2)c2ccccc2)C1.O=C(O)C(=O)O. The van der Waals surface area contributed by atoms with Crippen LogP contribution in [0, 0.1) is 5.92 Å². The maximum atomic E-state index is 9.10. The maximum absolute atomic E-state index is 9.10. The number of fused-ring (bicyclic) bond motifs is 1. The number of benzene rings is 3. The van der Waals surface area contributed by atoms with Crippen LogP contribution in [0.3, 0.4) is 0 Å². The van der Waals surface area contributed by atoms with Gasteiger partial charge < -0.3 is 20.5 Å². The Balaban J connectivity index is 0.000000480. The lowest BCUT2D eigenvalue weighted by Crippen LogP contribution is -2.39. The average Bonchev–Trinajstić information content (AvgIpc) is 3.35. The van der Waals surface area contributed by atoms with E-state index in [1.54, 1.807) is 0 Å². The van der Waals surface area contributed by atoms with Gasteiger partial charge in [-0.1, -0.05) is 91.0 Å². The fraction of sp³-hybridized carbons (Fsp3) is 0.233. The number of aliphatic carboxylic acids is 2. The van der Waals surface area contributed by atoms with Crippen LogP contribution in [0.4, 0.5) is 0 Å². The lowest BCUT2D eigenvalue weighted by Gasteiger charge is -2.39. The molecule has 37 heavy (non-hydrogen) atoms. The third-order valence-electron chi connectivity index (χ3n) is 6.92. The molecule has 1 aromatic heterocycles. The summed E-state index contributed by atoms with van der Waals surface area (Å²) in [5.74, 6) is -3.01. The first kappa shape index (κ1) is 25.9. The fourth-order valence-electron chi connectivity index (χ4n) is 5.29. The molecule has 0 radical (unpaired) electrons. The van der Waals surface area contributed by atoms with Gasteiger partial charge >= 0.3 is 11.9 Å².